The minimum absolute atomic E-state index is 0.217. The summed E-state index contributed by atoms with van der Waals surface area (Å²) in [4.78, 5) is 0. The average Bonchev–Trinajstić information content (AvgIpc) is 2.04. The van der Waals surface area contributed by atoms with Crippen molar-refractivity contribution in [1.82, 2.24) is 0 Å². The second-order valence-corrected chi connectivity index (χ2v) is 5.15. The highest BCUT2D eigenvalue weighted by Gasteiger charge is 2.36. The van der Waals surface area contributed by atoms with Crippen LogP contribution in [-0.4, -0.2) is 6.17 Å². The zero-order valence-electron chi connectivity index (χ0n) is 9.28. The number of hydrogen-bond donors (Lipinski definition) is 0. The van der Waals surface area contributed by atoms with Crippen LogP contribution in [0, 0.1) is 11.3 Å². The number of halogens is 1. The maximum Gasteiger partial charge on any atom is 0.103 e. The molecule has 0 saturated heterocycles. The van der Waals surface area contributed by atoms with Gasteiger partial charge in [0, 0.05) is 0 Å². The molecular formula is C12H23F. The Morgan fingerprint density at radius 3 is 2.38 bits per heavy atom. The molecule has 0 nitrogen and oxygen atoms in total. The summed E-state index contributed by atoms with van der Waals surface area (Å²) >= 11 is 0. The Kier molecular flexibility index (Phi) is 3.75. The smallest absolute Gasteiger partial charge is 0.103 e. The van der Waals surface area contributed by atoms with E-state index < -0.39 is 6.17 Å². The van der Waals surface area contributed by atoms with E-state index in [-0.39, 0.29) is 5.41 Å². The van der Waals surface area contributed by atoms with Gasteiger partial charge in [-0.25, -0.2) is 4.39 Å². The Bertz CT molecular complexity index is 151. The molecule has 1 fully saturated rings. The topological polar surface area (TPSA) is 0 Å². The Labute approximate surface area is 81.9 Å². The van der Waals surface area contributed by atoms with E-state index in [1.54, 1.807) is 0 Å². The zero-order valence-corrected chi connectivity index (χ0v) is 9.28. The van der Waals surface area contributed by atoms with Crippen LogP contribution < -0.4 is 0 Å². The highest BCUT2D eigenvalue weighted by Crippen LogP contribution is 2.42. The third kappa shape index (κ3) is 2.69. The Hall–Kier alpha value is -0.0700. The van der Waals surface area contributed by atoms with Gasteiger partial charge in [0.25, 0.3) is 0 Å². The van der Waals surface area contributed by atoms with Gasteiger partial charge in [-0.1, -0.05) is 40.0 Å². The first kappa shape index (κ1) is 11.0. The maximum absolute atomic E-state index is 13.7. The Morgan fingerprint density at radius 2 is 1.85 bits per heavy atom. The van der Waals surface area contributed by atoms with Crippen LogP contribution in [0.2, 0.25) is 0 Å². The molecule has 1 aliphatic carbocycles. The number of alkyl halides is 1. The van der Waals surface area contributed by atoms with Crippen molar-refractivity contribution in [3.05, 3.63) is 0 Å². The van der Waals surface area contributed by atoms with E-state index >= 15 is 0 Å². The standard InChI is InChI=1S/C12H23F/c1-4-9-12(2,3)10-7-5-6-8-11(10)13/h10-11H,4-9H2,1-3H3. The molecule has 0 radical (unpaired) electrons. The van der Waals surface area contributed by atoms with Crippen molar-refractivity contribution in [2.24, 2.45) is 11.3 Å². The number of rotatable bonds is 3. The normalized spacial score (nSPS) is 30.5. The summed E-state index contributed by atoms with van der Waals surface area (Å²) in [5.41, 5.74) is 0.217. The van der Waals surface area contributed by atoms with Gasteiger partial charge in [-0.15, -0.1) is 0 Å². The second kappa shape index (κ2) is 4.43. The van der Waals surface area contributed by atoms with Gasteiger partial charge >= 0.3 is 0 Å². The fourth-order valence-electron chi connectivity index (χ4n) is 2.80. The molecule has 1 saturated carbocycles. The van der Waals surface area contributed by atoms with Crippen molar-refractivity contribution < 1.29 is 4.39 Å². The van der Waals surface area contributed by atoms with E-state index in [1.165, 1.54) is 12.8 Å². The highest BCUT2D eigenvalue weighted by atomic mass is 19.1. The van der Waals surface area contributed by atoms with E-state index in [0.717, 1.165) is 25.7 Å². The molecular weight excluding hydrogens is 163 g/mol. The molecule has 0 N–H and O–H groups in total. The maximum atomic E-state index is 13.7. The molecule has 0 aliphatic heterocycles. The molecule has 78 valence electrons. The van der Waals surface area contributed by atoms with Gasteiger partial charge < -0.3 is 0 Å². The molecule has 1 rings (SSSR count). The van der Waals surface area contributed by atoms with Crippen molar-refractivity contribution in [3.63, 3.8) is 0 Å². The summed E-state index contributed by atoms with van der Waals surface area (Å²) in [6.45, 7) is 6.66. The molecule has 0 aromatic carbocycles. The van der Waals surface area contributed by atoms with Gasteiger partial charge in [0.15, 0.2) is 0 Å². The molecule has 1 heteroatoms. The average molecular weight is 186 g/mol. The van der Waals surface area contributed by atoms with Gasteiger partial charge in [-0.3, -0.25) is 0 Å². The van der Waals surface area contributed by atoms with Crippen LogP contribution in [-0.2, 0) is 0 Å². The summed E-state index contributed by atoms with van der Waals surface area (Å²) in [7, 11) is 0. The highest BCUT2D eigenvalue weighted by molar-refractivity contribution is 4.86. The molecule has 0 aromatic heterocycles. The quantitative estimate of drug-likeness (QED) is 0.615. The molecule has 2 unspecified atom stereocenters. The van der Waals surface area contributed by atoms with Crippen LogP contribution in [0.1, 0.15) is 59.3 Å². The molecule has 13 heavy (non-hydrogen) atoms. The lowest BCUT2D eigenvalue weighted by Crippen LogP contribution is -2.34. The predicted molar refractivity (Wildman–Crippen MR) is 55.5 cm³/mol. The first-order valence-corrected chi connectivity index (χ1v) is 5.72. The van der Waals surface area contributed by atoms with Crippen molar-refractivity contribution >= 4 is 0 Å². The lowest BCUT2D eigenvalue weighted by atomic mass is 9.68. The van der Waals surface area contributed by atoms with Crippen LogP contribution >= 0.6 is 0 Å². The van der Waals surface area contributed by atoms with Crippen LogP contribution in [0.3, 0.4) is 0 Å². The van der Waals surface area contributed by atoms with E-state index in [1.807, 2.05) is 0 Å². The Morgan fingerprint density at radius 1 is 1.23 bits per heavy atom. The minimum atomic E-state index is -0.532. The predicted octanol–water partition coefficient (Wildman–Crippen LogP) is 4.34. The fourth-order valence-corrected chi connectivity index (χ4v) is 2.80. The molecule has 2 atom stereocenters. The molecule has 0 amide bonds. The van der Waals surface area contributed by atoms with Crippen molar-refractivity contribution in [2.45, 2.75) is 65.5 Å². The third-order valence-corrected chi connectivity index (χ3v) is 3.58. The summed E-state index contributed by atoms with van der Waals surface area (Å²) in [5.74, 6) is 0.321. The van der Waals surface area contributed by atoms with E-state index in [4.69, 9.17) is 0 Å². The lowest BCUT2D eigenvalue weighted by molar-refractivity contribution is 0.0552. The van der Waals surface area contributed by atoms with Gasteiger partial charge in [-0.05, 0) is 30.6 Å². The van der Waals surface area contributed by atoms with E-state index in [2.05, 4.69) is 20.8 Å². The van der Waals surface area contributed by atoms with E-state index in [0.29, 0.717) is 5.92 Å². The molecule has 1 aliphatic rings. The van der Waals surface area contributed by atoms with Crippen molar-refractivity contribution in [2.75, 3.05) is 0 Å². The molecule has 0 heterocycles. The zero-order chi connectivity index (χ0) is 9.90. The van der Waals surface area contributed by atoms with Crippen LogP contribution in [0.15, 0.2) is 0 Å². The summed E-state index contributed by atoms with van der Waals surface area (Å²) < 4.78 is 13.7. The third-order valence-electron chi connectivity index (χ3n) is 3.58. The summed E-state index contributed by atoms with van der Waals surface area (Å²) in [5, 5.41) is 0. The lowest BCUT2D eigenvalue weighted by Gasteiger charge is -2.39. The first-order valence-electron chi connectivity index (χ1n) is 5.72. The SMILES string of the molecule is CCCC(C)(C)C1CCCCC1F. The van der Waals surface area contributed by atoms with Crippen molar-refractivity contribution in [1.29, 1.82) is 0 Å². The van der Waals surface area contributed by atoms with Crippen LogP contribution in [0.4, 0.5) is 4.39 Å². The Balaban J connectivity index is 2.56. The fraction of sp³-hybridized carbons (Fsp3) is 1.00. The van der Waals surface area contributed by atoms with Gasteiger partial charge in [0.05, 0.1) is 0 Å². The first-order chi connectivity index (χ1) is 6.08. The van der Waals surface area contributed by atoms with Crippen molar-refractivity contribution in [3.8, 4) is 0 Å². The van der Waals surface area contributed by atoms with Gasteiger partial charge in [0.1, 0.15) is 6.17 Å². The summed E-state index contributed by atoms with van der Waals surface area (Å²) in [6, 6.07) is 0. The molecule has 0 aromatic rings. The van der Waals surface area contributed by atoms with Gasteiger partial charge in [-0.2, -0.15) is 0 Å². The molecule has 0 spiro atoms. The minimum Gasteiger partial charge on any atom is -0.247 e. The van der Waals surface area contributed by atoms with Crippen LogP contribution in [0.25, 0.3) is 0 Å². The largest absolute Gasteiger partial charge is 0.247 e. The van der Waals surface area contributed by atoms with Gasteiger partial charge in [0.2, 0.25) is 0 Å². The monoisotopic (exact) mass is 186 g/mol. The summed E-state index contributed by atoms with van der Waals surface area (Å²) in [6.07, 6.45) is 6.05. The second-order valence-electron chi connectivity index (χ2n) is 5.15. The number of hydrogen-bond acceptors (Lipinski definition) is 0. The van der Waals surface area contributed by atoms with E-state index in [9.17, 15) is 4.39 Å². The van der Waals surface area contributed by atoms with Crippen LogP contribution in [0.5, 0.6) is 0 Å². The molecule has 0 bridgehead atoms.